The first kappa shape index (κ1) is 21.7. The highest BCUT2D eigenvalue weighted by Gasteiger charge is 2.34. The molecule has 1 amide bonds. The van der Waals surface area contributed by atoms with E-state index in [-0.39, 0.29) is 24.2 Å². The summed E-state index contributed by atoms with van der Waals surface area (Å²) in [6.45, 7) is 3.36. The van der Waals surface area contributed by atoms with Crippen molar-refractivity contribution in [2.24, 2.45) is 0 Å². The molecule has 5 nitrogen and oxygen atoms in total. The third kappa shape index (κ3) is 6.25. The van der Waals surface area contributed by atoms with Crippen molar-refractivity contribution in [2.75, 3.05) is 38.5 Å². The van der Waals surface area contributed by atoms with Crippen LogP contribution in [0.15, 0.2) is 41.0 Å². The second-order valence-corrected chi connectivity index (χ2v) is 8.06. The van der Waals surface area contributed by atoms with E-state index in [9.17, 15) is 18.0 Å². The highest BCUT2D eigenvalue weighted by Crippen LogP contribution is 2.34. The van der Waals surface area contributed by atoms with Crippen molar-refractivity contribution in [2.45, 2.75) is 19.1 Å². The quantitative estimate of drug-likeness (QED) is 0.721. The number of nitrogens with zero attached hydrogens (tertiary/aromatic N) is 3. The Kier molecular flexibility index (Phi) is 6.92. The molecule has 0 radical (unpaired) electrons. The molecule has 156 valence electrons. The molecule has 0 unspecified atom stereocenters. The van der Waals surface area contributed by atoms with E-state index in [0.717, 1.165) is 36.7 Å². The molecule has 1 N–H and O–H groups in total. The largest absolute Gasteiger partial charge is 0.416 e. The third-order valence-corrected chi connectivity index (χ3v) is 5.29. The molecule has 3 rings (SSSR count). The molecule has 1 aliphatic rings. The molecule has 0 spiro atoms. The first-order valence-electron chi connectivity index (χ1n) is 9.22. The first-order valence-corrected chi connectivity index (χ1v) is 10.0. The van der Waals surface area contributed by atoms with E-state index in [0.29, 0.717) is 5.69 Å². The van der Waals surface area contributed by atoms with Crippen LogP contribution in [0.1, 0.15) is 16.8 Å². The molecule has 1 fully saturated rings. The van der Waals surface area contributed by atoms with Crippen molar-refractivity contribution in [1.82, 2.24) is 14.8 Å². The molecule has 1 saturated heterocycles. The number of halogens is 4. The monoisotopic (exact) mass is 470 g/mol. The summed E-state index contributed by atoms with van der Waals surface area (Å²) in [5.41, 5.74) is 0.167. The van der Waals surface area contributed by atoms with Gasteiger partial charge in [0, 0.05) is 54.8 Å². The number of anilines is 1. The van der Waals surface area contributed by atoms with E-state index in [1.807, 2.05) is 11.9 Å². The van der Waals surface area contributed by atoms with Gasteiger partial charge in [-0.25, -0.2) is 0 Å². The number of carbonyl (C=O) groups is 1. The molecule has 0 bridgehead atoms. The number of benzene rings is 1. The van der Waals surface area contributed by atoms with Crippen LogP contribution in [0.4, 0.5) is 18.9 Å². The van der Waals surface area contributed by atoms with Gasteiger partial charge in [-0.05, 0) is 52.8 Å². The zero-order chi connectivity index (χ0) is 21.0. The molecule has 0 saturated carbocycles. The normalized spacial score (nSPS) is 16.0. The first-order chi connectivity index (χ1) is 13.7. The van der Waals surface area contributed by atoms with Crippen molar-refractivity contribution >= 4 is 27.5 Å². The van der Waals surface area contributed by atoms with Crippen LogP contribution in [0.5, 0.6) is 0 Å². The zero-order valence-corrected chi connectivity index (χ0v) is 17.6. The number of amides is 1. The Balaban J connectivity index is 1.71. The summed E-state index contributed by atoms with van der Waals surface area (Å²) in [4.78, 5) is 20.5. The van der Waals surface area contributed by atoms with E-state index in [1.165, 1.54) is 12.1 Å². The number of rotatable bonds is 5. The molecule has 2 aromatic rings. The van der Waals surface area contributed by atoms with E-state index >= 15 is 0 Å². The lowest BCUT2D eigenvalue weighted by molar-refractivity contribution is -0.138. The van der Waals surface area contributed by atoms with Gasteiger partial charge in [-0.1, -0.05) is 6.07 Å². The minimum atomic E-state index is -4.49. The van der Waals surface area contributed by atoms with E-state index < -0.39 is 17.6 Å². The minimum absolute atomic E-state index is 0.0162. The van der Waals surface area contributed by atoms with Crippen LogP contribution in [-0.2, 0) is 23.9 Å². The maximum absolute atomic E-state index is 13.6. The summed E-state index contributed by atoms with van der Waals surface area (Å²) >= 11 is 3.26. The fourth-order valence-corrected chi connectivity index (χ4v) is 3.42. The van der Waals surface area contributed by atoms with Crippen molar-refractivity contribution in [3.05, 3.63) is 57.8 Å². The molecular weight excluding hydrogens is 449 g/mol. The van der Waals surface area contributed by atoms with Crippen LogP contribution in [0.25, 0.3) is 0 Å². The summed E-state index contributed by atoms with van der Waals surface area (Å²) in [6.07, 6.45) is -2.94. The number of hydrogen-bond donors (Lipinski definition) is 1. The van der Waals surface area contributed by atoms with Gasteiger partial charge in [-0.15, -0.1) is 0 Å². The zero-order valence-electron chi connectivity index (χ0n) is 16.0. The molecule has 1 aliphatic heterocycles. The van der Waals surface area contributed by atoms with Crippen LogP contribution in [0.2, 0.25) is 0 Å². The van der Waals surface area contributed by atoms with Crippen molar-refractivity contribution in [3.8, 4) is 0 Å². The number of pyridine rings is 1. The molecule has 9 heteroatoms. The topological polar surface area (TPSA) is 48.5 Å². The second-order valence-electron chi connectivity index (χ2n) is 7.14. The Morgan fingerprint density at radius 3 is 2.52 bits per heavy atom. The lowest BCUT2D eigenvalue weighted by Gasteiger charge is -2.33. The summed E-state index contributed by atoms with van der Waals surface area (Å²) in [5.74, 6) is -0.417. The third-order valence-electron chi connectivity index (χ3n) is 4.82. The Bertz CT molecular complexity index is 850. The highest BCUT2D eigenvalue weighted by molar-refractivity contribution is 9.10. The van der Waals surface area contributed by atoms with Crippen LogP contribution < -0.4 is 5.32 Å². The van der Waals surface area contributed by atoms with Gasteiger partial charge in [-0.3, -0.25) is 14.7 Å². The fraction of sp³-hybridized carbons (Fsp3) is 0.400. The number of piperazine rings is 1. The SMILES string of the molecule is CN1CCN(Cc2ccc(NC(=O)Cc3ccc(Br)cn3)cc2C(F)(F)F)CC1. The van der Waals surface area contributed by atoms with Crippen LogP contribution in [0, 0.1) is 0 Å². The number of aromatic nitrogens is 1. The molecule has 1 aromatic heterocycles. The van der Waals surface area contributed by atoms with E-state index in [1.54, 1.807) is 18.3 Å². The number of carbonyl (C=O) groups excluding carboxylic acids is 1. The summed E-state index contributed by atoms with van der Waals surface area (Å²) in [5, 5.41) is 2.54. The molecule has 0 aliphatic carbocycles. The molecule has 1 aromatic carbocycles. The van der Waals surface area contributed by atoms with Crippen molar-refractivity contribution in [3.63, 3.8) is 0 Å². The Morgan fingerprint density at radius 1 is 1.17 bits per heavy atom. The molecular formula is C20H22BrF3N4O. The lowest BCUT2D eigenvalue weighted by atomic mass is 10.0. The number of hydrogen-bond acceptors (Lipinski definition) is 4. The van der Waals surface area contributed by atoms with Crippen LogP contribution in [-0.4, -0.2) is 53.9 Å². The summed E-state index contributed by atoms with van der Waals surface area (Å²) in [6, 6.07) is 7.43. The number of nitrogens with one attached hydrogen (secondary N) is 1. The average molecular weight is 471 g/mol. The Labute approximate surface area is 176 Å². The molecule has 0 atom stereocenters. The van der Waals surface area contributed by atoms with Gasteiger partial charge in [0.2, 0.25) is 5.91 Å². The summed E-state index contributed by atoms with van der Waals surface area (Å²) < 4.78 is 41.6. The Hall–Kier alpha value is -1.97. The van der Waals surface area contributed by atoms with E-state index in [2.05, 4.69) is 31.1 Å². The maximum Gasteiger partial charge on any atom is 0.416 e. The highest BCUT2D eigenvalue weighted by atomic mass is 79.9. The van der Waals surface area contributed by atoms with Gasteiger partial charge in [0.15, 0.2) is 0 Å². The van der Waals surface area contributed by atoms with Gasteiger partial charge in [0.1, 0.15) is 0 Å². The van der Waals surface area contributed by atoms with Crippen molar-refractivity contribution < 1.29 is 18.0 Å². The van der Waals surface area contributed by atoms with E-state index in [4.69, 9.17) is 0 Å². The van der Waals surface area contributed by atoms with Gasteiger partial charge in [0.05, 0.1) is 12.0 Å². The minimum Gasteiger partial charge on any atom is -0.326 e. The predicted octanol–water partition coefficient (Wildman–Crippen LogP) is 3.79. The molecule has 2 heterocycles. The Morgan fingerprint density at radius 2 is 1.90 bits per heavy atom. The van der Waals surface area contributed by atoms with Crippen molar-refractivity contribution in [1.29, 1.82) is 0 Å². The van der Waals surface area contributed by atoms with Gasteiger partial charge in [-0.2, -0.15) is 13.2 Å². The van der Waals surface area contributed by atoms with Crippen LogP contribution in [0.3, 0.4) is 0 Å². The maximum atomic E-state index is 13.6. The fourth-order valence-electron chi connectivity index (χ4n) is 3.18. The predicted molar refractivity (Wildman–Crippen MR) is 108 cm³/mol. The average Bonchev–Trinajstić information content (AvgIpc) is 2.66. The van der Waals surface area contributed by atoms with Crippen LogP contribution >= 0.6 is 15.9 Å². The second kappa shape index (κ2) is 9.23. The summed E-state index contributed by atoms with van der Waals surface area (Å²) in [7, 11) is 2.00. The lowest BCUT2D eigenvalue weighted by Crippen LogP contribution is -2.44. The smallest absolute Gasteiger partial charge is 0.326 e. The van der Waals surface area contributed by atoms with Gasteiger partial charge >= 0.3 is 6.18 Å². The standard InChI is InChI=1S/C20H22BrF3N4O/c1-27-6-8-28(9-7-27)13-14-2-4-17(10-18(14)20(22,23)24)26-19(29)11-16-5-3-15(21)12-25-16/h2-5,10,12H,6-9,11,13H2,1H3,(H,26,29). The molecule has 29 heavy (non-hydrogen) atoms. The number of likely N-dealkylation sites (N-methyl/N-ethyl adjacent to an activating group) is 1. The van der Waals surface area contributed by atoms with Gasteiger partial charge in [0.25, 0.3) is 0 Å². The van der Waals surface area contributed by atoms with Gasteiger partial charge < -0.3 is 10.2 Å². The number of alkyl halides is 3.